The van der Waals surface area contributed by atoms with Gasteiger partial charge in [-0.25, -0.2) is 9.97 Å². The summed E-state index contributed by atoms with van der Waals surface area (Å²) in [6.45, 7) is 1.73. The topological polar surface area (TPSA) is 46.0 Å². The lowest BCUT2D eigenvalue weighted by Gasteiger charge is -2.06. The van der Waals surface area contributed by atoms with Crippen molar-refractivity contribution in [2.45, 2.75) is 23.1 Å². The Morgan fingerprint density at radius 3 is 2.71 bits per heavy atom. The van der Waals surface area contributed by atoms with Gasteiger partial charge in [0.15, 0.2) is 0 Å². The third kappa shape index (κ3) is 3.43. The summed E-state index contributed by atoms with van der Waals surface area (Å²) in [5, 5.41) is 11.7. The number of aliphatic hydroxyl groups excluding tert-OH is 1. The molecule has 0 radical (unpaired) electrons. The maximum absolute atomic E-state index is 9.48. The molecule has 0 saturated carbocycles. The largest absolute Gasteiger partial charge is 0.389 e. The molecule has 0 aromatic carbocycles. The molecule has 0 unspecified atom stereocenters. The van der Waals surface area contributed by atoms with Gasteiger partial charge in [-0.1, -0.05) is 23.4 Å². The van der Waals surface area contributed by atoms with Crippen molar-refractivity contribution < 1.29 is 5.11 Å². The molecule has 0 bridgehead atoms. The number of hydrogen-bond acceptors (Lipinski definition) is 4. The monoisotopic (exact) mass is 266 g/mol. The molecule has 2 aromatic rings. The Morgan fingerprint density at radius 2 is 2.06 bits per heavy atom. The second kappa shape index (κ2) is 5.49. The molecular formula is C12H11ClN2OS. The smallest absolute Gasteiger partial charge is 0.103 e. The predicted molar refractivity (Wildman–Crippen MR) is 68.2 cm³/mol. The fourth-order valence-electron chi connectivity index (χ4n) is 1.27. The van der Waals surface area contributed by atoms with Crippen molar-refractivity contribution in [1.29, 1.82) is 0 Å². The lowest BCUT2D eigenvalue weighted by molar-refractivity contribution is 0.199. The van der Waals surface area contributed by atoms with Crippen LogP contribution in [-0.2, 0) is 0 Å². The molecule has 17 heavy (non-hydrogen) atoms. The first-order valence-electron chi connectivity index (χ1n) is 5.08. The van der Waals surface area contributed by atoms with E-state index < -0.39 is 6.10 Å². The van der Waals surface area contributed by atoms with Crippen LogP contribution >= 0.6 is 23.4 Å². The van der Waals surface area contributed by atoms with Crippen molar-refractivity contribution in [2.24, 2.45) is 0 Å². The Kier molecular flexibility index (Phi) is 3.99. The number of rotatable bonds is 3. The highest BCUT2D eigenvalue weighted by molar-refractivity contribution is 7.99. The third-order valence-electron chi connectivity index (χ3n) is 2.15. The van der Waals surface area contributed by atoms with Crippen LogP contribution < -0.4 is 0 Å². The highest BCUT2D eigenvalue weighted by Crippen LogP contribution is 2.26. The van der Waals surface area contributed by atoms with Crippen LogP contribution in [0.5, 0.6) is 0 Å². The third-order valence-corrected chi connectivity index (χ3v) is 3.26. The molecule has 2 aromatic heterocycles. The van der Waals surface area contributed by atoms with Gasteiger partial charge in [-0.05, 0) is 36.8 Å². The molecule has 0 aliphatic heterocycles. The number of halogens is 1. The van der Waals surface area contributed by atoms with E-state index in [2.05, 4.69) is 9.97 Å². The van der Waals surface area contributed by atoms with E-state index in [0.29, 0.717) is 5.02 Å². The molecule has 0 amide bonds. The zero-order valence-corrected chi connectivity index (χ0v) is 10.7. The van der Waals surface area contributed by atoms with Crippen LogP contribution in [0.3, 0.4) is 0 Å². The van der Waals surface area contributed by atoms with Gasteiger partial charge in [-0.2, -0.15) is 0 Å². The lowest BCUT2D eigenvalue weighted by Crippen LogP contribution is -1.92. The van der Waals surface area contributed by atoms with Gasteiger partial charge < -0.3 is 5.11 Å². The molecule has 0 saturated heterocycles. The molecule has 0 fully saturated rings. The van der Waals surface area contributed by atoms with Crippen molar-refractivity contribution in [3.05, 3.63) is 47.2 Å². The molecule has 2 heterocycles. The SMILES string of the molecule is C[C@@H](O)c1ccnc(Sc2ccc(Cl)cn2)c1. The second-order valence-electron chi connectivity index (χ2n) is 3.52. The summed E-state index contributed by atoms with van der Waals surface area (Å²) in [5.74, 6) is 0. The predicted octanol–water partition coefficient (Wildman–Crippen LogP) is 3.33. The van der Waals surface area contributed by atoms with Crippen molar-refractivity contribution in [1.82, 2.24) is 9.97 Å². The van der Waals surface area contributed by atoms with Crippen LogP contribution in [0, 0.1) is 0 Å². The molecule has 1 atom stereocenters. The Bertz CT molecular complexity index is 502. The number of aliphatic hydroxyl groups is 1. The van der Waals surface area contributed by atoms with Gasteiger partial charge in [0.1, 0.15) is 10.1 Å². The summed E-state index contributed by atoms with van der Waals surface area (Å²) in [7, 11) is 0. The van der Waals surface area contributed by atoms with E-state index >= 15 is 0 Å². The van der Waals surface area contributed by atoms with Crippen molar-refractivity contribution in [2.75, 3.05) is 0 Å². The van der Waals surface area contributed by atoms with Gasteiger partial charge in [0.2, 0.25) is 0 Å². The summed E-state index contributed by atoms with van der Waals surface area (Å²) in [4.78, 5) is 8.39. The minimum Gasteiger partial charge on any atom is -0.389 e. The Balaban J connectivity index is 2.18. The first-order valence-corrected chi connectivity index (χ1v) is 6.28. The molecule has 0 spiro atoms. The highest BCUT2D eigenvalue weighted by atomic mass is 35.5. The van der Waals surface area contributed by atoms with E-state index in [-0.39, 0.29) is 0 Å². The van der Waals surface area contributed by atoms with Crippen LogP contribution in [0.15, 0.2) is 46.7 Å². The van der Waals surface area contributed by atoms with Crippen molar-refractivity contribution >= 4 is 23.4 Å². The molecule has 0 aliphatic rings. The molecule has 1 N–H and O–H groups in total. The van der Waals surface area contributed by atoms with Gasteiger partial charge in [-0.3, -0.25) is 0 Å². The fraction of sp³-hybridized carbons (Fsp3) is 0.167. The van der Waals surface area contributed by atoms with Crippen LogP contribution in [0.25, 0.3) is 0 Å². The Morgan fingerprint density at radius 1 is 1.24 bits per heavy atom. The summed E-state index contributed by atoms with van der Waals surface area (Å²) >= 11 is 7.20. The first-order chi connectivity index (χ1) is 8.15. The van der Waals surface area contributed by atoms with Crippen LogP contribution in [-0.4, -0.2) is 15.1 Å². The second-order valence-corrected chi connectivity index (χ2v) is 5.00. The maximum Gasteiger partial charge on any atom is 0.103 e. The summed E-state index contributed by atoms with van der Waals surface area (Å²) in [6, 6.07) is 7.27. The van der Waals surface area contributed by atoms with E-state index in [1.165, 1.54) is 11.8 Å². The molecular weight excluding hydrogens is 256 g/mol. The van der Waals surface area contributed by atoms with E-state index in [4.69, 9.17) is 11.6 Å². The minimum atomic E-state index is -0.490. The zero-order chi connectivity index (χ0) is 12.3. The quantitative estimate of drug-likeness (QED) is 0.926. The number of aromatic nitrogens is 2. The normalized spacial score (nSPS) is 12.4. The first kappa shape index (κ1) is 12.4. The van der Waals surface area contributed by atoms with Gasteiger partial charge in [0, 0.05) is 12.4 Å². The average Bonchev–Trinajstić information content (AvgIpc) is 2.32. The Hall–Kier alpha value is -1.10. The molecule has 88 valence electrons. The lowest BCUT2D eigenvalue weighted by atomic mass is 10.2. The average molecular weight is 267 g/mol. The summed E-state index contributed by atoms with van der Waals surface area (Å²) in [5.41, 5.74) is 0.844. The maximum atomic E-state index is 9.48. The van der Waals surface area contributed by atoms with Crippen LogP contribution in [0.2, 0.25) is 5.02 Å². The Labute approximate surface area is 109 Å². The van der Waals surface area contributed by atoms with Gasteiger partial charge in [0.05, 0.1) is 11.1 Å². The van der Waals surface area contributed by atoms with Crippen molar-refractivity contribution in [3.63, 3.8) is 0 Å². The van der Waals surface area contributed by atoms with Crippen LogP contribution in [0.1, 0.15) is 18.6 Å². The zero-order valence-electron chi connectivity index (χ0n) is 9.17. The van der Waals surface area contributed by atoms with Crippen molar-refractivity contribution in [3.8, 4) is 0 Å². The van der Waals surface area contributed by atoms with E-state index in [1.54, 1.807) is 31.5 Å². The van der Waals surface area contributed by atoms with Crippen LogP contribution in [0.4, 0.5) is 0 Å². The minimum absolute atomic E-state index is 0.490. The van der Waals surface area contributed by atoms with Gasteiger partial charge in [0.25, 0.3) is 0 Å². The van der Waals surface area contributed by atoms with E-state index in [9.17, 15) is 5.11 Å². The number of pyridine rings is 2. The number of hydrogen-bond donors (Lipinski definition) is 1. The fourth-order valence-corrected chi connectivity index (χ4v) is 2.15. The van der Waals surface area contributed by atoms with Gasteiger partial charge >= 0.3 is 0 Å². The molecule has 3 nitrogen and oxygen atoms in total. The molecule has 2 rings (SSSR count). The van der Waals surface area contributed by atoms with E-state index in [1.807, 2.05) is 12.1 Å². The standard InChI is InChI=1S/C12H11ClN2OS/c1-8(16)9-4-5-14-12(6-9)17-11-3-2-10(13)7-15-11/h2-8,16H,1H3/t8-/m1/s1. The summed E-state index contributed by atoms with van der Waals surface area (Å²) < 4.78 is 0. The van der Waals surface area contributed by atoms with Gasteiger partial charge in [-0.15, -0.1) is 0 Å². The molecule has 5 heteroatoms. The summed E-state index contributed by atoms with van der Waals surface area (Å²) in [6.07, 6.45) is 2.79. The number of nitrogens with zero attached hydrogens (tertiary/aromatic N) is 2. The molecule has 0 aliphatic carbocycles. The highest BCUT2D eigenvalue weighted by Gasteiger charge is 2.04. The van der Waals surface area contributed by atoms with E-state index in [0.717, 1.165) is 15.6 Å².